The zero-order valence-corrected chi connectivity index (χ0v) is 19.9. The van der Waals surface area contributed by atoms with E-state index >= 15 is 0 Å². The summed E-state index contributed by atoms with van der Waals surface area (Å²) in [5, 5.41) is 0.469. The second kappa shape index (κ2) is 8.89. The monoisotopic (exact) mass is 493 g/mol. The Kier molecular flexibility index (Phi) is 6.70. The third-order valence-corrected chi connectivity index (χ3v) is 6.72. The highest BCUT2D eigenvalue weighted by atomic mass is 79.9. The van der Waals surface area contributed by atoms with E-state index in [9.17, 15) is 9.59 Å². The van der Waals surface area contributed by atoms with Gasteiger partial charge in [0.2, 0.25) is 0 Å². The van der Waals surface area contributed by atoms with Crippen LogP contribution in [-0.4, -0.2) is 39.3 Å². The number of hydrogen-bond donors (Lipinski definition) is 0. The van der Waals surface area contributed by atoms with Gasteiger partial charge in [-0.2, -0.15) is 0 Å². The van der Waals surface area contributed by atoms with Crippen LogP contribution in [0.2, 0.25) is 0 Å². The molecule has 0 saturated carbocycles. The molecule has 1 aromatic carbocycles. The second-order valence-electron chi connectivity index (χ2n) is 6.53. The molecule has 2 heterocycles. The van der Waals surface area contributed by atoms with Crippen molar-refractivity contribution >= 4 is 56.7 Å². The van der Waals surface area contributed by atoms with E-state index in [0.29, 0.717) is 17.3 Å². The fraction of sp³-hybridized carbons (Fsp3) is 0.300. The molecular weight excluding hydrogens is 474 g/mol. The number of benzene rings is 1. The Hall–Kier alpha value is -1.84. The molecule has 0 aliphatic carbocycles. The van der Waals surface area contributed by atoms with E-state index in [-0.39, 0.29) is 11.1 Å². The van der Waals surface area contributed by atoms with E-state index in [1.54, 1.807) is 6.08 Å². The predicted molar refractivity (Wildman–Crippen MR) is 120 cm³/mol. The number of nitrogens with zero attached hydrogens (tertiary/aromatic N) is 3. The molecule has 1 aliphatic heterocycles. The minimum Gasteiger partial charge on any atom is -0.488 e. The van der Waals surface area contributed by atoms with Gasteiger partial charge >= 0.3 is 0 Å². The smallest absolute Gasteiger partial charge is 0.293 e. The van der Waals surface area contributed by atoms with Gasteiger partial charge in [-0.15, -0.1) is 0 Å². The molecule has 6 nitrogen and oxygen atoms in total. The molecule has 152 valence electrons. The number of aryl methyl sites for hydroxylation is 3. The Morgan fingerprint density at radius 1 is 1.21 bits per heavy atom. The first-order valence-corrected chi connectivity index (χ1v) is 11.6. The van der Waals surface area contributed by atoms with Gasteiger partial charge in [0, 0.05) is 28.5 Å². The van der Waals surface area contributed by atoms with Crippen molar-refractivity contribution in [1.82, 2.24) is 14.9 Å². The largest absolute Gasteiger partial charge is 0.488 e. The summed E-state index contributed by atoms with van der Waals surface area (Å²) >= 11 is 5.97. The first-order valence-electron chi connectivity index (χ1n) is 8.74. The average molecular weight is 494 g/mol. The van der Waals surface area contributed by atoms with Crippen LogP contribution in [0, 0.1) is 20.8 Å². The number of carbonyl (C=O) groups excluding carboxylic acids is 2. The van der Waals surface area contributed by atoms with Crippen LogP contribution in [0.4, 0.5) is 4.79 Å². The summed E-state index contributed by atoms with van der Waals surface area (Å²) < 4.78 is 6.91. The molecule has 0 atom stereocenters. The summed E-state index contributed by atoms with van der Waals surface area (Å²) in [5.74, 6) is 0.398. The van der Waals surface area contributed by atoms with Crippen LogP contribution < -0.4 is 4.74 Å². The summed E-state index contributed by atoms with van der Waals surface area (Å²) in [7, 11) is 1.48. The Bertz CT molecular complexity index is 1020. The molecule has 0 radical (unpaired) electrons. The molecule has 2 amide bonds. The van der Waals surface area contributed by atoms with Gasteiger partial charge in [-0.1, -0.05) is 27.7 Å². The quantitative estimate of drug-likeness (QED) is 0.324. The lowest BCUT2D eigenvalue weighted by molar-refractivity contribution is -0.121. The number of aromatic nitrogens is 2. The van der Waals surface area contributed by atoms with E-state index in [1.807, 2.05) is 39.2 Å². The van der Waals surface area contributed by atoms with Crippen LogP contribution in [0.5, 0.6) is 5.75 Å². The summed E-state index contributed by atoms with van der Waals surface area (Å²) in [6, 6.07) is 3.80. The van der Waals surface area contributed by atoms with E-state index in [4.69, 9.17) is 4.74 Å². The lowest BCUT2D eigenvalue weighted by Gasteiger charge is -2.14. The molecule has 0 unspecified atom stereocenters. The van der Waals surface area contributed by atoms with Crippen LogP contribution in [0.15, 0.2) is 26.7 Å². The molecule has 0 spiro atoms. The van der Waals surface area contributed by atoms with Crippen molar-refractivity contribution in [3.63, 3.8) is 0 Å². The van der Waals surface area contributed by atoms with Gasteiger partial charge < -0.3 is 4.74 Å². The number of carbonyl (C=O) groups is 2. The van der Waals surface area contributed by atoms with Crippen molar-refractivity contribution < 1.29 is 14.3 Å². The maximum Gasteiger partial charge on any atom is 0.293 e. The summed E-state index contributed by atoms with van der Waals surface area (Å²) in [5.41, 5.74) is 4.47. The lowest BCUT2D eigenvalue weighted by Crippen LogP contribution is -2.22. The number of amides is 2. The van der Waals surface area contributed by atoms with Crippen molar-refractivity contribution in [3.05, 3.63) is 49.6 Å². The molecule has 0 N–H and O–H groups in total. The molecule has 1 aromatic heterocycles. The number of rotatable bonds is 5. The molecule has 1 aliphatic rings. The number of ether oxygens (including phenoxy) is 1. The van der Waals surface area contributed by atoms with E-state index in [1.165, 1.54) is 18.8 Å². The van der Waals surface area contributed by atoms with Crippen LogP contribution in [0.25, 0.3) is 6.08 Å². The van der Waals surface area contributed by atoms with Gasteiger partial charge in [0.1, 0.15) is 12.4 Å². The number of hydrogen-bond acceptors (Lipinski definition) is 7. The van der Waals surface area contributed by atoms with Crippen molar-refractivity contribution in [2.75, 3.05) is 13.3 Å². The molecule has 3 rings (SSSR count). The molecule has 2 aromatic rings. The fourth-order valence-electron chi connectivity index (χ4n) is 2.78. The highest BCUT2D eigenvalue weighted by Gasteiger charge is 2.32. The normalized spacial score (nSPS) is 15.5. The van der Waals surface area contributed by atoms with Gasteiger partial charge in [0.25, 0.3) is 11.1 Å². The van der Waals surface area contributed by atoms with Crippen molar-refractivity contribution in [3.8, 4) is 5.75 Å². The van der Waals surface area contributed by atoms with Crippen LogP contribution in [-0.2, 0) is 11.4 Å². The zero-order valence-electron chi connectivity index (χ0n) is 16.7. The fourth-order valence-corrected chi connectivity index (χ4v) is 4.63. The number of imide groups is 1. The second-order valence-corrected chi connectivity index (χ2v) is 9.15. The highest BCUT2D eigenvalue weighted by molar-refractivity contribution is 9.10. The molecule has 29 heavy (non-hydrogen) atoms. The van der Waals surface area contributed by atoms with Gasteiger partial charge in [-0.3, -0.25) is 14.5 Å². The number of thioether (sulfide) groups is 2. The average Bonchev–Trinajstić information content (AvgIpc) is 2.90. The Morgan fingerprint density at radius 3 is 2.41 bits per heavy atom. The first kappa shape index (κ1) is 21.9. The molecule has 9 heteroatoms. The topological polar surface area (TPSA) is 72.4 Å². The maximum absolute atomic E-state index is 12.2. The van der Waals surface area contributed by atoms with E-state index in [0.717, 1.165) is 54.4 Å². The SMILES string of the molecule is CSc1nc(C)c(COc2cc(/C=C3\SC(=O)N(C)C3=O)c(Br)cc2C)c(C)n1. The molecular formula is C20H20BrN3O3S2. The Balaban J connectivity index is 1.87. The molecule has 1 saturated heterocycles. The number of likely N-dealkylation sites (N-methyl/N-ethyl adjacent to an activating group) is 1. The van der Waals surface area contributed by atoms with E-state index < -0.39 is 0 Å². The van der Waals surface area contributed by atoms with Crippen LogP contribution in [0.3, 0.4) is 0 Å². The number of halogens is 1. The first-order chi connectivity index (χ1) is 13.7. The van der Waals surface area contributed by atoms with Crippen molar-refractivity contribution in [1.29, 1.82) is 0 Å². The van der Waals surface area contributed by atoms with Gasteiger partial charge in [0.05, 0.1) is 4.91 Å². The van der Waals surface area contributed by atoms with Crippen molar-refractivity contribution in [2.24, 2.45) is 0 Å². The Labute approximate surface area is 186 Å². The summed E-state index contributed by atoms with van der Waals surface area (Å²) in [4.78, 5) is 34.4. The minimum absolute atomic E-state index is 0.277. The van der Waals surface area contributed by atoms with Crippen LogP contribution >= 0.6 is 39.5 Å². The minimum atomic E-state index is -0.299. The van der Waals surface area contributed by atoms with Gasteiger partial charge in [-0.05, 0) is 68.1 Å². The third kappa shape index (κ3) is 4.67. The zero-order chi connectivity index (χ0) is 21.3. The van der Waals surface area contributed by atoms with Crippen LogP contribution in [0.1, 0.15) is 28.1 Å². The lowest BCUT2D eigenvalue weighted by atomic mass is 10.1. The van der Waals surface area contributed by atoms with Gasteiger partial charge in [0.15, 0.2) is 5.16 Å². The van der Waals surface area contributed by atoms with Gasteiger partial charge in [-0.25, -0.2) is 9.97 Å². The predicted octanol–water partition coefficient (Wildman–Crippen LogP) is 5.13. The van der Waals surface area contributed by atoms with Crippen molar-refractivity contribution in [2.45, 2.75) is 32.5 Å². The standard InChI is InChI=1S/C20H20BrN3O3S2/c1-10-6-15(21)13(8-17-18(25)24(4)20(26)29-17)7-16(10)27-9-14-11(2)22-19(28-5)23-12(14)3/h6-8H,9H2,1-5H3/b17-8-. The Morgan fingerprint density at radius 2 is 1.86 bits per heavy atom. The van der Waals surface area contributed by atoms with E-state index in [2.05, 4.69) is 25.9 Å². The third-order valence-electron chi connectivity index (χ3n) is 4.52. The maximum atomic E-state index is 12.2. The highest BCUT2D eigenvalue weighted by Crippen LogP contribution is 2.35. The molecule has 0 bridgehead atoms. The molecule has 1 fully saturated rings. The summed E-state index contributed by atoms with van der Waals surface area (Å²) in [6.07, 6.45) is 3.65. The summed E-state index contributed by atoms with van der Waals surface area (Å²) in [6.45, 7) is 6.21.